The van der Waals surface area contributed by atoms with E-state index >= 15 is 13.2 Å². The maximum absolute atomic E-state index is 15.4. The Hall–Kier alpha value is -2.53. The maximum atomic E-state index is 15.4. The predicted octanol–water partition coefficient (Wildman–Crippen LogP) is 10.7. The molecule has 3 aliphatic rings. The second-order valence-corrected chi connectivity index (χ2v) is 13.5. The fourth-order valence-electron chi connectivity index (χ4n) is 7.34. The van der Waals surface area contributed by atoms with E-state index in [4.69, 9.17) is 14.2 Å². The molecule has 0 aromatic heterocycles. The lowest BCUT2D eigenvalue weighted by Gasteiger charge is -2.38. The number of hydrogen-bond donors (Lipinski definition) is 0. The van der Waals surface area contributed by atoms with Crippen LogP contribution < -0.4 is 9.47 Å². The van der Waals surface area contributed by atoms with Gasteiger partial charge < -0.3 is 18.9 Å². The molecule has 47 heavy (non-hydrogen) atoms. The van der Waals surface area contributed by atoms with Crippen LogP contribution in [0.15, 0.2) is 36.4 Å². The molecule has 5 rings (SSSR count). The normalized spacial score (nSPS) is 27.4. The average molecular weight is 675 g/mol. The molecule has 2 aliphatic carbocycles. The molecule has 1 saturated heterocycles. The topological polar surface area (TPSA) is 36.9 Å². The first-order valence-corrected chi connectivity index (χ1v) is 17.0. The number of alkyl halides is 5. The highest BCUT2D eigenvalue weighted by Crippen LogP contribution is 2.45. The van der Waals surface area contributed by atoms with Crippen molar-refractivity contribution in [2.75, 3.05) is 19.8 Å². The monoisotopic (exact) mass is 674 g/mol. The van der Waals surface area contributed by atoms with Crippen molar-refractivity contribution in [3.8, 4) is 11.5 Å². The molecule has 0 atom stereocenters. The number of unbranched alkanes of at least 4 members (excludes halogenated alkanes) is 2. The van der Waals surface area contributed by atoms with Gasteiger partial charge in [0.15, 0.2) is 24.5 Å². The summed E-state index contributed by atoms with van der Waals surface area (Å²) >= 11 is 0. The van der Waals surface area contributed by atoms with Gasteiger partial charge in [0.1, 0.15) is 11.6 Å². The van der Waals surface area contributed by atoms with Crippen molar-refractivity contribution in [3.63, 3.8) is 0 Å². The molecule has 2 saturated carbocycles. The summed E-state index contributed by atoms with van der Waals surface area (Å²) in [7, 11) is 0. The van der Waals surface area contributed by atoms with Gasteiger partial charge in [-0.05, 0) is 98.9 Å². The molecule has 0 radical (unpaired) electrons. The van der Waals surface area contributed by atoms with Gasteiger partial charge in [0.2, 0.25) is 0 Å². The summed E-state index contributed by atoms with van der Waals surface area (Å²) in [5, 5.41) is 0. The van der Waals surface area contributed by atoms with Gasteiger partial charge in [0, 0.05) is 17.9 Å². The standard InChI is InChI=1S/C36H45F7O4/c1-2-3-4-5-23-20-44-34(45-21-23)26-8-6-24(7-9-26)27-12-16-30(31(37)18-27)25-10-13-28(14-11-25)36(42,43)47-29-15-17-33(32(38)19-29)46-22-35(39,40)41/h12,15-19,23-26,28,34H,2-11,13-14,20-22H2,1H3. The van der Waals surface area contributed by atoms with Gasteiger partial charge >= 0.3 is 12.3 Å². The summed E-state index contributed by atoms with van der Waals surface area (Å²) < 4.78 is 118. The van der Waals surface area contributed by atoms with Gasteiger partial charge in [0.05, 0.1) is 19.1 Å². The molecule has 0 amide bonds. The van der Waals surface area contributed by atoms with Gasteiger partial charge in [-0.3, -0.25) is 0 Å². The molecule has 3 fully saturated rings. The molecule has 0 bridgehead atoms. The fraction of sp³-hybridized carbons (Fsp3) is 0.667. The van der Waals surface area contributed by atoms with Crippen molar-refractivity contribution in [2.24, 2.45) is 17.8 Å². The Bertz CT molecular complexity index is 1280. The Kier molecular flexibility index (Phi) is 12.0. The highest BCUT2D eigenvalue weighted by Gasteiger charge is 2.44. The van der Waals surface area contributed by atoms with Crippen LogP contribution >= 0.6 is 0 Å². The number of halogens is 7. The molecule has 0 N–H and O–H groups in total. The fourth-order valence-corrected chi connectivity index (χ4v) is 7.34. The third-order valence-electron chi connectivity index (χ3n) is 10.1. The van der Waals surface area contributed by atoms with Crippen LogP contribution in [0.2, 0.25) is 0 Å². The van der Waals surface area contributed by atoms with E-state index in [9.17, 15) is 17.6 Å². The minimum Gasteiger partial charge on any atom is -0.481 e. The van der Waals surface area contributed by atoms with Gasteiger partial charge in [-0.15, -0.1) is 0 Å². The highest BCUT2D eigenvalue weighted by molar-refractivity contribution is 5.34. The Morgan fingerprint density at radius 1 is 0.766 bits per heavy atom. The Balaban J connectivity index is 1.08. The van der Waals surface area contributed by atoms with Crippen LogP contribution in [0.4, 0.5) is 30.7 Å². The van der Waals surface area contributed by atoms with Gasteiger partial charge in [-0.25, -0.2) is 8.78 Å². The Morgan fingerprint density at radius 2 is 1.45 bits per heavy atom. The second kappa shape index (κ2) is 15.8. The van der Waals surface area contributed by atoms with Crippen molar-refractivity contribution >= 4 is 0 Å². The average Bonchev–Trinajstić information content (AvgIpc) is 3.04. The summed E-state index contributed by atoms with van der Waals surface area (Å²) in [6, 6.07) is 7.72. The number of hydrogen-bond acceptors (Lipinski definition) is 4. The summed E-state index contributed by atoms with van der Waals surface area (Å²) in [6.45, 7) is 2.01. The highest BCUT2D eigenvalue weighted by atomic mass is 19.4. The zero-order valence-corrected chi connectivity index (χ0v) is 26.8. The molecule has 4 nitrogen and oxygen atoms in total. The molecule has 0 unspecified atom stereocenters. The first kappa shape index (κ1) is 35.8. The van der Waals surface area contributed by atoms with E-state index in [-0.39, 0.29) is 36.8 Å². The molecule has 2 aromatic carbocycles. The zero-order valence-electron chi connectivity index (χ0n) is 26.8. The van der Waals surface area contributed by atoms with Crippen molar-refractivity contribution < 1.29 is 49.7 Å². The summed E-state index contributed by atoms with van der Waals surface area (Å²) in [5.74, 6) is -3.09. The first-order valence-electron chi connectivity index (χ1n) is 17.0. The lowest BCUT2D eigenvalue weighted by atomic mass is 9.76. The molecule has 0 spiro atoms. The number of ether oxygens (including phenoxy) is 4. The van der Waals surface area contributed by atoms with Crippen LogP contribution in [0.25, 0.3) is 0 Å². The summed E-state index contributed by atoms with van der Waals surface area (Å²) in [5.41, 5.74) is 1.49. The van der Waals surface area contributed by atoms with E-state index in [2.05, 4.69) is 11.7 Å². The van der Waals surface area contributed by atoms with E-state index in [0.29, 0.717) is 36.3 Å². The van der Waals surface area contributed by atoms with E-state index < -0.39 is 42.1 Å². The SMILES string of the molecule is CCCCCC1COC(C2CCC(c3ccc(C4CCC(C(F)(F)Oc5ccc(OCC(F)(F)F)c(F)c5)CC4)c(F)c3)CC2)OC1. The number of benzene rings is 2. The van der Waals surface area contributed by atoms with Crippen LogP contribution in [0.5, 0.6) is 11.5 Å². The van der Waals surface area contributed by atoms with E-state index in [1.54, 1.807) is 12.1 Å². The van der Waals surface area contributed by atoms with Crippen LogP contribution in [-0.4, -0.2) is 38.4 Å². The van der Waals surface area contributed by atoms with E-state index in [1.807, 2.05) is 6.07 Å². The van der Waals surface area contributed by atoms with Gasteiger partial charge in [-0.2, -0.15) is 22.0 Å². The van der Waals surface area contributed by atoms with E-state index in [0.717, 1.165) is 63.0 Å². The third kappa shape index (κ3) is 9.77. The van der Waals surface area contributed by atoms with Crippen molar-refractivity contribution in [1.82, 2.24) is 0 Å². The van der Waals surface area contributed by atoms with Gasteiger partial charge in [-0.1, -0.05) is 38.3 Å². The van der Waals surface area contributed by atoms with Crippen LogP contribution in [-0.2, 0) is 9.47 Å². The minimum absolute atomic E-state index is 0.0723. The zero-order chi connectivity index (χ0) is 33.6. The minimum atomic E-state index is -4.67. The molecular formula is C36H45F7O4. The lowest BCUT2D eigenvalue weighted by molar-refractivity contribution is -0.229. The molecule has 262 valence electrons. The van der Waals surface area contributed by atoms with Gasteiger partial charge in [0.25, 0.3) is 0 Å². The Labute approximate surface area is 272 Å². The molecule has 1 heterocycles. The number of rotatable bonds is 12. The Morgan fingerprint density at radius 3 is 2.06 bits per heavy atom. The van der Waals surface area contributed by atoms with E-state index in [1.165, 1.54) is 19.3 Å². The largest absolute Gasteiger partial charge is 0.481 e. The molecule has 2 aromatic rings. The summed E-state index contributed by atoms with van der Waals surface area (Å²) in [6.07, 6.45) is 0.936. The predicted molar refractivity (Wildman–Crippen MR) is 163 cm³/mol. The van der Waals surface area contributed by atoms with Crippen molar-refractivity contribution in [2.45, 2.75) is 114 Å². The maximum Gasteiger partial charge on any atom is 0.422 e. The molecular weight excluding hydrogens is 629 g/mol. The lowest BCUT2D eigenvalue weighted by Crippen LogP contribution is -2.38. The molecule has 1 aliphatic heterocycles. The van der Waals surface area contributed by atoms with Crippen LogP contribution in [0, 0.1) is 29.4 Å². The quantitative estimate of drug-likeness (QED) is 0.166. The van der Waals surface area contributed by atoms with Crippen LogP contribution in [0.1, 0.15) is 107 Å². The second-order valence-electron chi connectivity index (χ2n) is 13.5. The first-order chi connectivity index (χ1) is 22.4. The van der Waals surface area contributed by atoms with Crippen LogP contribution in [0.3, 0.4) is 0 Å². The third-order valence-corrected chi connectivity index (χ3v) is 10.1. The molecule has 11 heteroatoms. The van der Waals surface area contributed by atoms with Crippen molar-refractivity contribution in [3.05, 3.63) is 59.2 Å². The van der Waals surface area contributed by atoms with Crippen molar-refractivity contribution in [1.29, 1.82) is 0 Å². The smallest absolute Gasteiger partial charge is 0.422 e. The summed E-state index contributed by atoms with van der Waals surface area (Å²) in [4.78, 5) is 0.